The summed E-state index contributed by atoms with van der Waals surface area (Å²) in [6.07, 6.45) is 1.71. The Morgan fingerprint density at radius 1 is 1.11 bits per heavy atom. The van der Waals surface area contributed by atoms with Gasteiger partial charge in [0, 0.05) is 12.0 Å². The van der Waals surface area contributed by atoms with Crippen molar-refractivity contribution in [1.82, 2.24) is 24.9 Å². The smallest absolute Gasteiger partial charge is 0.260 e. The van der Waals surface area contributed by atoms with E-state index < -0.39 is 0 Å². The number of rotatable bonds is 6. The Morgan fingerprint density at radius 2 is 1.94 bits per heavy atom. The van der Waals surface area contributed by atoms with E-state index in [0.29, 0.717) is 39.6 Å². The summed E-state index contributed by atoms with van der Waals surface area (Å²) >= 11 is 1.58. The molecule has 0 radical (unpaired) electrons. The van der Waals surface area contributed by atoms with Gasteiger partial charge in [-0.3, -0.25) is 4.79 Å². The van der Waals surface area contributed by atoms with E-state index in [1.54, 1.807) is 17.5 Å². The average Bonchev–Trinajstić information content (AvgIpc) is 3.59. The molecule has 0 unspecified atom stereocenters. The number of nitrogens with one attached hydrogen (secondary N) is 1. The summed E-state index contributed by atoms with van der Waals surface area (Å²) in [5.41, 5.74) is 4.13. The number of hydrogen-bond donors (Lipinski definition) is 1. The van der Waals surface area contributed by atoms with Crippen LogP contribution in [-0.4, -0.2) is 30.8 Å². The highest BCUT2D eigenvalue weighted by Gasteiger charge is 2.22. The number of para-hydroxylation sites is 1. The standard InChI is InChI=1S/C26H26N6O2S/c1-14(2)23-30-26(34-31-23)17-9-6-8-16(5)22(17)29-25(33)18-12-20(21-10-7-11-35-21)28-24-19(18)13-27-32(24)15(3)4/h6-15H,1-5H3,(H,29,33). The van der Waals surface area contributed by atoms with E-state index in [1.165, 1.54) is 0 Å². The minimum Gasteiger partial charge on any atom is -0.334 e. The molecule has 0 bridgehead atoms. The minimum atomic E-state index is -0.252. The first-order valence-corrected chi connectivity index (χ1v) is 12.4. The monoisotopic (exact) mass is 486 g/mol. The van der Waals surface area contributed by atoms with Crippen LogP contribution < -0.4 is 5.32 Å². The molecule has 0 aliphatic rings. The normalized spacial score (nSPS) is 11.6. The van der Waals surface area contributed by atoms with E-state index >= 15 is 0 Å². The van der Waals surface area contributed by atoms with Crippen LogP contribution in [0.25, 0.3) is 33.1 Å². The van der Waals surface area contributed by atoms with Crippen molar-refractivity contribution in [3.05, 3.63) is 64.9 Å². The van der Waals surface area contributed by atoms with Crippen molar-refractivity contribution in [2.24, 2.45) is 0 Å². The summed E-state index contributed by atoms with van der Waals surface area (Å²) in [5, 5.41) is 14.4. The number of aromatic nitrogens is 5. The molecule has 5 rings (SSSR count). The summed E-state index contributed by atoms with van der Waals surface area (Å²) in [6.45, 7) is 10.0. The molecule has 0 aliphatic carbocycles. The molecular formula is C26H26N6O2S. The van der Waals surface area contributed by atoms with Gasteiger partial charge in [0.15, 0.2) is 11.5 Å². The molecule has 9 heteroatoms. The lowest BCUT2D eigenvalue weighted by molar-refractivity contribution is 0.102. The number of nitrogens with zero attached hydrogens (tertiary/aromatic N) is 5. The first-order chi connectivity index (χ1) is 16.8. The fraction of sp³-hybridized carbons (Fsp3) is 0.269. The molecular weight excluding hydrogens is 460 g/mol. The highest BCUT2D eigenvalue weighted by atomic mass is 32.1. The fourth-order valence-corrected chi connectivity index (χ4v) is 4.59. The molecule has 0 atom stereocenters. The molecule has 5 aromatic rings. The Morgan fingerprint density at radius 3 is 2.63 bits per heavy atom. The van der Waals surface area contributed by atoms with E-state index in [0.717, 1.165) is 16.1 Å². The van der Waals surface area contributed by atoms with Crippen molar-refractivity contribution in [3.8, 4) is 22.0 Å². The molecule has 8 nitrogen and oxygen atoms in total. The Labute approximate surface area is 207 Å². The molecule has 0 fully saturated rings. The highest BCUT2D eigenvalue weighted by molar-refractivity contribution is 7.13. The lowest BCUT2D eigenvalue weighted by atomic mass is 10.1. The van der Waals surface area contributed by atoms with Crippen LogP contribution in [0.2, 0.25) is 0 Å². The lowest BCUT2D eigenvalue weighted by Gasteiger charge is -2.13. The number of aryl methyl sites for hydroxylation is 1. The molecule has 0 aliphatic heterocycles. The zero-order chi connectivity index (χ0) is 24.7. The molecule has 178 valence electrons. The van der Waals surface area contributed by atoms with Crippen LogP contribution >= 0.6 is 11.3 Å². The van der Waals surface area contributed by atoms with Crippen LogP contribution in [0.3, 0.4) is 0 Å². The molecule has 0 saturated heterocycles. The van der Waals surface area contributed by atoms with Gasteiger partial charge in [0.2, 0.25) is 0 Å². The van der Waals surface area contributed by atoms with Crippen molar-refractivity contribution >= 4 is 34.0 Å². The molecule has 1 amide bonds. The summed E-state index contributed by atoms with van der Waals surface area (Å²) in [6, 6.07) is 11.6. The largest absolute Gasteiger partial charge is 0.334 e. The van der Waals surface area contributed by atoms with Crippen LogP contribution in [0.4, 0.5) is 5.69 Å². The molecule has 0 spiro atoms. The van der Waals surface area contributed by atoms with Gasteiger partial charge in [-0.1, -0.05) is 37.2 Å². The maximum atomic E-state index is 13.7. The van der Waals surface area contributed by atoms with Crippen LogP contribution in [0.5, 0.6) is 0 Å². The molecule has 35 heavy (non-hydrogen) atoms. The molecule has 1 aromatic carbocycles. The van der Waals surface area contributed by atoms with Crippen molar-refractivity contribution < 1.29 is 9.32 Å². The number of anilines is 1. The fourth-order valence-electron chi connectivity index (χ4n) is 3.91. The van der Waals surface area contributed by atoms with E-state index in [-0.39, 0.29) is 17.9 Å². The maximum Gasteiger partial charge on any atom is 0.260 e. The SMILES string of the molecule is Cc1cccc(-c2nc(C(C)C)no2)c1NC(=O)c1cc(-c2cccs2)nc2c1cnn2C(C)C. The Balaban J connectivity index is 1.60. The summed E-state index contributed by atoms with van der Waals surface area (Å²) in [7, 11) is 0. The Kier molecular flexibility index (Phi) is 5.94. The average molecular weight is 487 g/mol. The quantitative estimate of drug-likeness (QED) is 0.295. The van der Waals surface area contributed by atoms with Gasteiger partial charge in [-0.25, -0.2) is 9.67 Å². The number of pyridine rings is 1. The summed E-state index contributed by atoms with van der Waals surface area (Å²) < 4.78 is 7.37. The van der Waals surface area contributed by atoms with E-state index in [2.05, 4.69) is 20.6 Å². The molecule has 4 heterocycles. The first-order valence-electron chi connectivity index (χ1n) is 11.5. The van der Waals surface area contributed by atoms with Crippen molar-refractivity contribution in [2.45, 2.75) is 46.6 Å². The molecule has 1 N–H and O–H groups in total. The van der Waals surface area contributed by atoms with Gasteiger partial charge in [-0.15, -0.1) is 11.3 Å². The van der Waals surface area contributed by atoms with Gasteiger partial charge in [-0.2, -0.15) is 10.1 Å². The van der Waals surface area contributed by atoms with Crippen molar-refractivity contribution in [1.29, 1.82) is 0 Å². The van der Waals surface area contributed by atoms with Crippen LogP contribution in [0.1, 0.15) is 61.4 Å². The zero-order valence-electron chi connectivity index (χ0n) is 20.2. The number of carbonyl (C=O) groups excluding carboxylic acids is 1. The van der Waals surface area contributed by atoms with E-state index in [9.17, 15) is 4.79 Å². The van der Waals surface area contributed by atoms with Gasteiger partial charge >= 0.3 is 0 Å². The molecule has 4 aromatic heterocycles. The number of thiophene rings is 1. The Bertz CT molecular complexity index is 1510. The number of fused-ring (bicyclic) bond motifs is 1. The second-order valence-electron chi connectivity index (χ2n) is 9.02. The van der Waals surface area contributed by atoms with Crippen LogP contribution in [-0.2, 0) is 0 Å². The van der Waals surface area contributed by atoms with Gasteiger partial charge in [0.05, 0.1) is 39.0 Å². The number of hydrogen-bond acceptors (Lipinski definition) is 7. The number of amides is 1. The first kappa shape index (κ1) is 22.9. The van der Waals surface area contributed by atoms with Crippen LogP contribution in [0, 0.1) is 6.92 Å². The number of benzene rings is 1. The van der Waals surface area contributed by atoms with Crippen LogP contribution in [0.15, 0.2) is 52.5 Å². The van der Waals surface area contributed by atoms with E-state index in [1.807, 2.05) is 81.1 Å². The predicted octanol–water partition coefficient (Wildman–Crippen LogP) is 6.47. The highest BCUT2D eigenvalue weighted by Crippen LogP contribution is 2.33. The van der Waals surface area contributed by atoms with Crippen molar-refractivity contribution in [2.75, 3.05) is 5.32 Å². The minimum absolute atomic E-state index is 0.102. The lowest BCUT2D eigenvalue weighted by Crippen LogP contribution is -2.15. The van der Waals surface area contributed by atoms with Crippen molar-refractivity contribution in [3.63, 3.8) is 0 Å². The second-order valence-corrected chi connectivity index (χ2v) is 9.96. The maximum absolute atomic E-state index is 13.7. The predicted molar refractivity (Wildman–Crippen MR) is 138 cm³/mol. The number of carbonyl (C=O) groups is 1. The summed E-state index contributed by atoms with van der Waals surface area (Å²) in [5.74, 6) is 0.877. The van der Waals surface area contributed by atoms with Gasteiger partial charge in [0.25, 0.3) is 11.8 Å². The molecule has 0 saturated carbocycles. The van der Waals surface area contributed by atoms with Gasteiger partial charge in [-0.05, 0) is 49.9 Å². The third-order valence-corrected chi connectivity index (χ3v) is 6.67. The summed E-state index contributed by atoms with van der Waals surface area (Å²) in [4.78, 5) is 24.1. The van der Waals surface area contributed by atoms with Gasteiger partial charge < -0.3 is 9.84 Å². The van der Waals surface area contributed by atoms with Gasteiger partial charge in [0.1, 0.15) is 0 Å². The second kappa shape index (κ2) is 9.07. The third-order valence-electron chi connectivity index (χ3n) is 5.77. The topological polar surface area (TPSA) is 98.7 Å². The van der Waals surface area contributed by atoms with E-state index in [4.69, 9.17) is 9.51 Å². The Hall–Kier alpha value is -3.85. The third kappa shape index (κ3) is 4.23. The zero-order valence-corrected chi connectivity index (χ0v) is 21.1.